The third-order valence-electron chi connectivity index (χ3n) is 6.27. The van der Waals surface area contributed by atoms with Gasteiger partial charge in [0.05, 0.1) is 11.4 Å². The second-order valence-corrected chi connectivity index (χ2v) is 8.06. The van der Waals surface area contributed by atoms with Crippen molar-refractivity contribution in [3.05, 3.63) is 138 Å². The molecule has 0 N–H and O–H groups in total. The molecule has 2 unspecified atom stereocenters. The Morgan fingerprint density at radius 3 is 2.12 bits per heavy atom. The zero-order valence-corrected chi connectivity index (χ0v) is 17.4. The Hall–Kier alpha value is -3.95. The highest BCUT2D eigenvalue weighted by molar-refractivity contribution is 6.07. The standard InChI is InChI=1S/C29H21NO2/c31-28(22-12-3-1-4-13-22)29(23-14-5-2-6-15-23)24-16-8-10-18-26(24)30-25-17-9-7-11-21(25)19-20-27(30)32-29/h1-20,27H. The van der Waals surface area contributed by atoms with Crippen LogP contribution in [-0.4, -0.2) is 12.0 Å². The normalized spacial score (nSPS) is 20.8. The Morgan fingerprint density at radius 2 is 1.34 bits per heavy atom. The predicted octanol–water partition coefficient (Wildman–Crippen LogP) is 6.33. The molecule has 154 valence electrons. The van der Waals surface area contributed by atoms with Crippen LogP contribution in [0.2, 0.25) is 0 Å². The molecular weight excluding hydrogens is 394 g/mol. The minimum absolute atomic E-state index is 0.0661. The van der Waals surface area contributed by atoms with Gasteiger partial charge in [0.2, 0.25) is 5.78 Å². The molecule has 4 aromatic rings. The number of hydrogen-bond donors (Lipinski definition) is 0. The third-order valence-corrected chi connectivity index (χ3v) is 6.27. The summed E-state index contributed by atoms with van der Waals surface area (Å²) in [7, 11) is 0. The van der Waals surface area contributed by atoms with E-state index in [9.17, 15) is 4.79 Å². The minimum atomic E-state index is -1.25. The minimum Gasteiger partial charge on any atom is -0.330 e. The van der Waals surface area contributed by atoms with Gasteiger partial charge in [-0.3, -0.25) is 4.79 Å². The number of nitrogens with zero attached hydrogens (tertiary/aromatic N) is 1. The van der Waals surface area contributed by atoms with Crippen LogP contribution >= 0.6 is 0 Å². The molecule has 32 heavy (non-hydrogen) atoms. The summed E-state index contributed by atoms with van der Waals surface area (Å²) < 4.78 is 6.85. The van der Waals surface area contributed by atoms with E-state index in [0.717, 1.165) is 28.1 Å². The molecule has 2 aliphatic rings. The average Bonchev–Trinajstić information content (AvgIpc) is 2.88. The van der Waals surface area contributed by atoms with Crippen LogP contribution in [0.3, 0.4) is 0 Å². The summed E-state index contributed by atoms with van der Waals surface area (Å²) in [5, 5.41) is 0. The fourth-order valence-corrected chi connectivity index (χ4v) is 4.84. The van der Waals surface area contributed by atoms with Gasteiger partial charge in [-0.25, -0.2) is 0 Å². The molecule has 2 aliphatic heterocycles. The van der Waals surface area contributed by atoms with Gasteiger partial charge >= 0.3 is 0 Å². The number of benzene rings is 4. The van der Waals surface area contributed by atoms with Crippen molar-refractivity contribution >= 4 is 23.2 Å². The SMILES string of the molecule is O=C(c1ccccc1)C1(c2ccccc2)OC2C=Cc3ccccc3N2c2ccccc21. The number of carbonyl (C=O) groups is 1. The van der Waals surface area contributed by atoms with E-state index in [-0.39, 0.29) is 5.78 Å². The van der Waals surface area contributed by atoms with Crippen LogP contribution in [0.1, 0.15) is 27.0 Å². The fraction of sp³-hybridized carbons (Fsp3) is 0.0690. The zero-order valence-electron chi connectivity index (χ0n) is 17.4. The lowest BCUT2D eigenvalue weighted by Crippen LogP contribution is -2.52. The summed E-state index contributed by atoms with van der Waals surface area (Å²) in [6, 6.07) is 35.6. The summed E-state index contributed by atoms with van der Waals surface area (Å²) >= 11 is 0. The Morgan fingerprint density at radius 1 is 0.719 bits per heavy atom. The molecule has 0 fully saturated rings. The van der Waals surface area contributed by atoms with Gasteiger partial charge in [-0.05, 0) is 29.3 Å². The van der Waals surface area contributed by atoms with Crippen molar-refractivity contribution in [2.75, 3.05) is 4.90 Å². The highest BCUT2D eigenvalue weighted by atomic mass is 16.5. The van der Waals surface area contributed by atoms with Gasteiger partial charge in [-0.1, -0.05) is 103 Å². The van der Waals surface area contributed by atoms with E-state index in [2.05, 4.69) is 29.2 Å². The van der Waals surface area contributed by atoms with Gasteiger partial charge in [-0.2, -0.15) is 0 Å². The van der Waals surface area contributed by atoms with Crippen molar-refractivity contribution in [3.63, 3.8) is 0 Å². The maximum atomic E-state index is 14.2. The molecule has 0 aromatic heterocycles. The first kappa shape index (κ1) is 18.8. The fourth-order valence-electron chi connectivity index (χ4n) is 4.84. The molecule has 0 radical (unpaired) electrons. The van der Waals surface area contributed by atoms with Gasteiger partial charge in [0.15, 0.2) is 11.8 Å². The molecular formula is C29H21NO2. The molecule has 0 saturated carbocycles. The largest absolute Gasteiger partial charge is 0.330 e. The van der Waals surface area contributed by atoms with Crippen molar-refractivity contribution in [1.29, 1.82) is 0 Å². The second kappa shape index (κ2) is 7.33. The molecule has 6 rings (SSSR count). The van der Waals surface area contributed by atoms with Crippen molar-refractivity contribution in [3.8, 4) is 0 Å². The van der Waals surface area contributed by atoms with E-state index in [1.54, 1.807) is 0 Å². The van der Waals surface area contributed by atoms with Crippen molar-refractivity contribution < 1.29 is 9.53 Å². The maximum Gasteiger partial charge on any atom is 0.204 e. The van der Waals surface area contributed by atoms with E-state index in [4.69, 9.17) is 4.74 Å². The highest BCUT2D eigenvalue weighted by Gasteiger charge is 2.51. The number of Topliss-reactive ketones (excluding diaryl/α,β-unsaturated/α-hetero) is 1. The van der Waals surface area contributed by atoms with Crippen molar-refractivity contribution in [1.82, 2.24) is 0 Å². The Labute approximate surface area is 187 Å². The molecule has 2 atom stereocenters. The lowest BCUT2D eigenvalue weighted by Gasteiger charge is -2.48. The van der Waals surface area contributed by atoms with Gasteiger partial charge in [0.1, 0.15) is 0 Å². The van der Waals surface area contributed by atoms with Gasteiger partial charge < -0.3 is 9.64 Å². The number of para-hydroxylation sites is 2. The molecule has 3 nitrogen and oxygen atoms in total. The lowest BCUT2D eigenvalue weighted by molar-refractivity contribution is -0.0382. The summed E-state index contributed by atoms with van der Waals surface area (Å²) in [5.74, 6) is -0.0661. The zero-order chi connectivity index (χ0) is 21.5. The van der Waals surface area contributed by atoms with Crippen LogP contribution in [0.25, 0.3) is 6.08 Å². The summed E-state index contributed by atoms with van der Waals surface area (Å²) in [6.45, 7) is 0. The number of ketones is 1. The topological polar surface area (TPSA) is 29.5 Å². The van der Waals surface area contributed by atoms with E-state index >= 15 is 0 Å². The van der Waals surface area contributed by atoms with Gasteiger partial charge in [0, 0.05) is 11.1 Å². The Bertz CT molecular complexity index is 1330. The second-order valence-electron chi connectivity index (χ2n) is 8.06. The molecule has 0 amide bonds. The van der Waals surface area contributed by atoms with Crippen LogP contribution in [-0.2, 0) is 10.3 Å². The van der Waals surface area contributed by atoms with Gasteiger partial charge in [-0.15, -0.1) is 0 Å². The number of rotatable bonds is 3. The summed E-state index contributed by atoms with van der Waals surface area (Å²) in [6.07, 6.45) is 3.70. The molecule has 2 heterocycles. The number of carbonyl (C=O) groups excluding carboxylic acids is 1. The Kier molecular flexibility index (Phi) is 4.30. The summed E-state index contributed by atoms with van der Waals surface area (Å²) in [5.41, 5.74) is 4.23. The number of hydrogen-bond acceptors (Lipinski definition) is 3. The van der Waals surface area contributed by atoms with Gasteiger partial charge in [0.25, 0.3) is 0 Å². The van der Waals surface area contributed by atoms with Crippen LogP contribution < -0.4 is 4.90 Å². The predicted molar refractivity (Wildman–Crippen MR) is 127 cm³/mol. The van der Waals surface area contributed by atoms with E-state index in [1.165, 1.54) is 0 Å². The molecule has 0 spiro atoms. The quantitative estimate of drug-likeness (QED) is 0.366. The summed E-state index contributed by atoms with van der Waals surface area (Å²) in [4.78, 5) is 16.4. The lowest BCUT2D eigenvalue weighted by atomic mass is 9.77. The molecule has 3 heteroatoms. The molecule has 0 saturated heterocycles. The van der Waals surface area contributed by atoms with Crippen LogP contribution in [0.4, 0.5) is 11.4 Å². The smallest absolute Gasteiger partial charge is 0.204 e. The van der Waals surface area contributed by atoms with Crippen molar-refractivity contribution in [2.24, 2.45) is 0 Å². The maximum absolute atomic E-state index is 14.2. The first-order valence-electron chi connectivity index (χ1n) is 10.8. The first-order valence-corrected chi connectivity index (χ1v) is 10.8. The van der Waals surface area contributed by atoms with Crippen LogP contribution in [0.15, 0.2) is 115 Å². The first-order chi connectivity index (χ1) is 15.8. The van der Waals surface area contributed by atoms with Crippen LogP contribution in [0, 0.1) is 0 Å². The number of fused-ring (bicyclic) bond motifs is 5. The van der Waals surface area contributed by atoms with Crippen molar-refractivity contribution in [2.45, 2.75) is 11.8 Å². The van der Waals surface area contributed by atoms with E-state index in [1.807, 2.05) is 97.1 Å². The number of ether oxygens (including phenoxy) is 1. The van der Waals surface area contributed by atoms with Crippen LogP contribution in [0.5, 0.6) is 0 Å². The molecule has 0 aliphatic carbocycles. The van der Waals surface area contributed by atoms with E-state index in [0.29, 0.717) is 5.56 Å². The monoisotopic (exact) mass is 415 g/mol. The molecule has 4 aromatic carbocycles. The third kappa shape index (κ3) is 2.68. The molecule has 0 bridgehead atoms. The average molecular weight is 415 g/mol. The Balaban J connectivity index is 1.64. The highest BCUT2D eigenvalue weighted by Crippen LogP contribution is 2.51. The van der Waals surface area contributed by atoms with E-state index < -0.39 is 11.8 Å². The number of anilines is 2.